The minimum Gasteiger partial charge on any atom is -0.496 e. The van der Waals surface area contributed by atoms with E-state index in [2.05, 4.69) is 37.9 Å². The summed E-state index contributed by atoms with van der Waals surface area (Å²) >= 11 is 0. The fourth-order valence-electron chi connectivity index (χ4n) is 1.69. The van der Waals surface area contributed by atoms with Gasteiger partial charge in [-0.1, -0.05) is 6.08 Å². The van der Waals surface area contributed by atoms with Gasteiger partial charge < -0.3 is 10.1 Å². The molecule has 16 heavy (non-hydrogen) atoms. The fraction of sp³-hybridized carbons (Fsp3) is 0.429. The van der Waals surface area contributed by atoms with Gasteiger partial charge in [-0.2, -0.15) is 0 Å². The van der Waals surface area contributed by atoms with Crippen molar-refractivity contribution < 1.29 is 4.74 Å². The molecule has 0 heterocycles. The summed E-state index contributed by atoms with van der Waals surface area (Å²) in [5, 5.41) is 3.47. The number of benzene rings is 1. The Labute approximate surface area is 98.3 Å². The van der Waals surface area contributed by atoms with Gasteiger partial charge >= 0.3 is 0 Å². The highest BCUT2D eigenvalue weighted by atomic mass is 16.5. The molecular formula is C14H21NO. The zero-order chi connectivity index (χ0) is 12.0. The normalized spacial score (nSPS) is 11.9. The van der Waals surface area contributed by atoms with Crippen LogP contribution in [0.4, 0.5) is 5.69 Å². The Morgan fingerprint density at radius 1 is 1.50 bits per heavy atom. The van der Waals surface area contributed by atoms with E-state index in [1.165, 1.54) is 0 Å². The van der Waals surface area contributed by atoms with Crippen molar-refractivity contribution >= 4 is 5.69 Å². The predicted octanol–water partition coefficient (Wildman–Crippen LogP) is 3.77. The van der Waals surface area contributed by atoms with Crippen molar-refractivity contribution in [1.29, 1.82) is 0 Å². The highest BCUT2D eigenvalue weighted by Gasteiger charge is 2.03. The Balaban J connectivity index is 2.60. The number of rotatable bonds is 6. The van der Waals surface area contributed by atoms with Gasteiger partial charge in [0, 0.05) is 11.7 Å². The zero-order valence-corrected chi connectivity index (χ0v) is 10.4. The molecule has 2 heteroatoms. The molecule has 1 aromatic carbocycles. The first kappa shape index (κ1) is 12.6. The van der Waals surface area contributed by atoms with Crippen LogP contribution in [0, 0.1) is 6.92 Å². The Hall–Kier alpha value is -1.44. The van der Waals surface area contributed by atoms with Gasteiger partial charge in [-0.25, -0.2) is 0 Å². The number of hydrogen-bond donors (Lipinski definition) is 1. The lowest BCUT2D eigenvalue weighted by molar-refractivity contribution is 0.412. The van der Waals surface area contributed by atoms with E-state index in [1.54, 1.807) is 7.11 Å². The molecule has 1 N–H and O–H groups in total. The lowest BCUT2D eigenvalue weighted by Gasteiger charge is -2.15. The number of aryl methyl sites for hydroxylation is 1. The van der Waals surface area contributed by atoms with Crippen LogP contribution in [0.25, 0.3) is 0 Å². The summed E-state index contributed by atoms with van der Waals surface area (Å²) in [5.41, 5.74) is 2.30. The summed E-state index contributed by atoms with van der Waals surface area (Å²) in [6.07, 6.45) is 4.11. The van der Waals surface area contributed by atoms with Gasteiger partial charge in [-0.3, -0.25) is 0 Å². The quantitative estimate of drug-likeness (QED) is 0.735. The third-order valence-corrected chi connectivity index (χ3v) is 2.61. The Morgan fingerprint density at radius 3 is 2.81 bits per heavy atom. The molecule has 0 aliphatic heterocycles. The average Bonchev–Trinajstić information content (AvgIpc) is 2.26. The maximum atomic E-state index is 5.23. The van der Waals surface area contributed by atoms with Crippen molar-refractivity contribution in [3.63, 3.8) is 0 Å². The lowest BCUT2D eigenvalue weighted by Crippen LogP contribution is -2.14. The molecule has 1 aromatic rings. The van der Waals surface area contributed by atoms with Crippen LogP contribution in [0.2, 0.25) is 0 Å². The highest BCUT2D eigenvalue weighted by molar-refractivity contribution is 5.51. The van der Waals surface area contributed by atoms with E-state index >= 15 is 0 Å². The molecule has 0 fully saturated rings. The summed E-state index contributed by atoms with van der Waals surface area (Å²) in [4.78, 5) is 0. The number of allylic oxidation sites excluding steroid dienone is 1. The second-order valence-electron chi connectivity index (χ2n) is 4.10. The largest absolute Gasteiger partial charge is 0.496 e. The minimum absolute atomic E-state index is 0.464. The number of hydrogen-bond acceptors (Lipinski definition) is 2. The van der Waals surface area contributed by atoms with Crippen LogP contribution in [0.3, 0.4) is 0 Å². The van der Waals surface area contributed by atoms with Gasteiger partial charge in [0.25, 0.3) is 0 Å². The predicted molar refractivity (Wildman–Crippen MR) is 70.2 cm³/mol. The monoisotopic (exact) mass is 219 g/mol. The van der Waals surface area contributed by atoms with Gasteiger partial charge in [0.05, 0.1) is 7.11 Å². The lowest BCUT2D eigenvalue weighted by atomic mass is 10.1. The van der Waals surface area contributed by atoms with Gasteiger partial charge in [-0.05, 0) is 50.5 Å². The average molecular weight is 219 g/mol. The van der Waals surface area contributed by atoms with Crippen molar-refractivity contribution in [1.82, 2.24) is 0 Å². The van der Waals surface area contributed by atoms with Crippen LogP contribution in [0.1, 0.15) is 25.3 Å². The summed E-state index contributed by atoms with van der Waals surface area (Å²) in [6.45, 7) is 7.97. The Morgan fingerprint density at radius 2 is 2.25 bits per heavy atom. The maximum Gasteiger partial charge on any atom is 0.121 e. The molecule has 0 spiro atoms. The molecule has 1 atom stereocenters. The van der Waals surface area contributed by atoms with Gasteiger partial charge in [-0.15, -0.1) is 6.58 Å². The number of ether oxygens (including phenoxy) is 1. The Bertz CT molecular complexity index is 347. The summed E-state index contributed by atoms with van der Waals surface area (Å²) in [5.74, 6) is 0.935. The summed E-state index contributed by atoms with van der Waals surface area (Å²) in [7, 11) is 1.70. The van der Waals surface area contributed by atoms with E-state index in [4.69, 9.17) is 4.74 Å². The highest BCUT2D eigenvalue weighted by Crippen LogP contribution is 2.22. The molecule has 88 valence electrons. The second kappa shape index (κ2) is 6.21. The first-order valence-corrected chi connectivity index (χ1v) is 5.69. The van der Waals surface area contributed by atoms with Crippen molar-refractivity contribution in [3.05, 3.63) is 36.4 Å². The van der Waals surface area contributed by atoms with Crippen LogP contribution in [-0.4, -0.2) is 13.2 Å². The summed E-state index contributed by atoms with van der Waals surface area (Å²) in [6, 6.07) is 6.63. The van der Waals surface area contributed by atoms with E-state index < -0.39 is 0 Å². The van der Waals surface area contributed by atoms with Crippen LogP contribution in [0.5, 0.6) is 5.75 Å². The zero-order valence-electron chi connectivity index (χ0n) is 10.4. The van der Waals surface area contributed by atoms with Gasteiger partial charge in [0.15, 0.2) is 0 Å². The first-order chi connectivity index (χ1) is 7.67. The van der Waals surface area contributed by atoms with Gasteiger partial charge in [0.2, 0.25) is 0 Å². The molecule has 1 unspecified atom stereocenters. The van der Waals surface area contributed by atoms with E-state index in [1.807, 2.05) is 12.1 Å². The molecule has 0 radical (unpaired) electrons. The molecule has 0 aliphatic carbocycles. The third kappa shape index (κ3) is 3.61. The fourth-order valence-corrected chi connectivity index (χ4v) is 1.69. The number of methoxy groups -OCH3 is 1. The van der Waals surface area contributed by atoms with Crippen molar-refractivity contribution in [2.45, 2.75) is 32.7 Å². The van der Waals surface area contributed by atoms with E-state index in [-0.39, 0.29) is 0 Å². The standard InChI is InChI=1S/C14H21NO/c1-5-6-7-12(3)15-13-8-9-14(16-4)11(2)10-13/h5,8-10,12,15H,1,6-7H2,2-4H3. The third-order valence-electron chi connectivity index (χ3n) is 2.61. The maximum absolute atomic E-state index is 5.23. The molecular weight excluding hydrogens is 198 g/mol. The van der Waals surface area contributed by atoms with Crippen LogP contribution in [0.15, 0.2) is 30.9 Å². The SMILES string of the molecule is C=CCCC(C)Nc1ccc(OC)c(C)c1. The minimum atomic E-state index is 0.464. The van der Waals surface area contributed by atoms with E-state index in [0.29, 0.717) is 6.04 Å². The van der Waals surface area contributed by atoms with Crippen LogP contribution in [-0.2, 0) is 0 Å². The Kier molecular flexibility index (Phi) is 4.90. The smallest absolute Gasteiger partial charge is 0.121 e. The summed E-state index contributed by atoms with van der Waals surface area (Å²) < 4.78 is 5.23. The van der Waals surface area contributed by atoms with E-state index in [0.717, 1.165) is 29.8 Å². The molecule has 1 rings (SSSR count). The van der Waals surface area contributed by atoms with Crippen molar-refractivity contribution in [2.24, 2.45) is 0 Å². The van der Waals surface area contributed by atoms with Crippen molar-refractivity contribution in [2.75, 3.05) is 12.4 Å². The first-order valence-electron chi connectivity index (χ1n) is 5.69. The molecule has 2 nitrogen and oxygen atoms in total. The topological polar surface area (TPSA) is 21.3 Å². The molecule has 0 saturated heterocycles. The second-order valence-corrected chi connectivity index (χ2v) is 4.10. The molecule has 0 amide bonds. The van der Waals surface area contributed by atoms with Crippen LogP contribution < -0.4 is 10.1 Å². The molecule has 0 aromatic heterocycles. The number of anilines is 1. The number of nitrogens with one attached hydrogen (secondary N) is 1. The van der Waals surface area contributed by atoms with Crippen LogP contribution >= 0.6 is 0 Å². The molecule has 0 saturated carbocycles. The van der Waals surface area contributed by atoms with Gasteiger partial charge in [0.1, 0.15) is 5.75 Å². The van der Waals surface area contributed by atoms with E-state index in [9.17, 15) is 0 Å². The molecule has 0 bridgehead atoms. The van der Waals surface area contributed by atoms with Crippen molar-refractivity contribution in [3.8, 4) is 5.75 Å². The molecule has 0 aliphatic rings.